The van der Waals surface area contributed by atoms with Crippen LogP contribution in [0.4, 0.5) is 0 Å². The molecular weight excluding hydrogens is 135 g/mol. The van der Waals surface area contributed by atoms with Gasteiger partial charge in [-0.2, -0.15) is 0 Å². The Balaban J connectivity index is 2.23. The highest BCUT2D eigenvalue weighted by Crippen LogP contribution is 2.01. The van der Waals surface area contributed by atoms with E-state index in [-0.39, 0.29) is 0 Å². The molecular formula is C5H16B3N3. The molecule has 1 saturated heterocycles. The second-order valence-corrected chi connectivity index (χ2v) is 3.66. The Morgan fingerprint density at radius 3 is 2.64 bits per heavy atom. The Morgan fingerprint density at radius 2 is 2.09 bits per heavy atom. The summed E-state index contributed by atoms with van der Waals surface area (Å²) in [6.07, 6.45) is 1.20. The Hall–Kier alpha value is 0.0748. The molecule has 11 heavy (non-hydrogen) atoms. The molecule has 1 aliphatic heterocycles. The van der Waals surface area contributed by atoms with E-state index in [4.69, 9.17) is 0 Å². The fourth-order valence-corrected chi connectivity index (χ4v) is 1.38. The van der Waals surface area contributed by atoms with Gasteiger partial charge in [0.15, 0.2) is 0 Å². The molecule has 1 heterocycles. The van der Waals surface area contributed by atoms with Crippen molar-refractivity contribution in [3.8, 4) is 0 Å². The van der Waals surface area contributed by atoms with Gasteiger partial charge in [0.1, 0.15) is 0 Å². The Bertz CT molecular complexity index is 120. The molecule has 1 fully saturated rings. The van der Waals surface area contributed by atoms with E-state index in [0.29, 0.717) is 14.0 Å². The van der Waals surface area contributed by atoms with Gasteiger partial charge in [-0.15, -0.1) is 0 Å². The monoisotopic (exact) mass is 151 g/mol. The van der Waals surface area contributed by atoms with Crippen molar-refractivity contribution < 1.29 is 0 Å². The third-order valence-electron chi connectivity index (χ3n) is 1.92. The second-order valence-electron chi connectivity index (χ2n) is 3.66. The highest BCUT2D eigenvalue weighted by Gasteiger charge is 2.24. The summed E-state index contributed by atoms with van der Waals surface area (Å²) in [4.78, 5) is 0. The maximum Gasteiger partial charge on any atom is 0.284 e. The van der Waals surface area contributed by atoms with Crippen molar-refractivity contribution in [2.45, 2.75) is 27.0 Å². The fourth-order valence-electron chi connectivity index (χ4n) is 1.38. The van der Waals surface area contributed by atoms with Gasteiger partial charge in [-0.3, -0.25) is 0 Å². The Labute approximate surface area is 70.6 Å². The van der Waals surface area contributed by atoms with E-state index in [1.165, 1.54) is 6.32 Å². The van der Waals surface area contributed by atoms with E-state index >= 15 is 0 Å². The summed E-state index contributed by atoms with van der Waals surface area (Å²) in [5.74, 6) is 0.755. The maximum atomic E-state index is 3.43. The Kier molecular flexibility index (Phi) is 3.49. The van der Waals surface area contributed by atoms with Gasteiger partial charge in [-0.1, -0.05) is 26.6 Å². The first-order chi connectivity index (χ1) is 5.18. The van der Waals surface area contributed by atoms with Crippen molar-refractivity contribution in [2.24, 2.45) is 5.92 Å². The lowest BCUT2D eigenvalue weighted by Gasteiger charge is -2.26. The van der Waals surface area contributed by atoms with E-state index in [1.54, 1.807) is 0 Å². The molecule has 0 aromatic heterocycles. The zero-order chi connectivity index (χ0) is 8.27. The van der Waals surface area contributed by atoms with Gasteiger partial charge in [-0.25, -0.2) is 0 Å². The molecule has 0 aromatic rings. The molecule has 3 nitrogen and oxygen atoms in total. The van der Waals surface area contributed by atoms with Crippen LogP contribution in [0.15, 0.2) is 0 Å². The molecule has 1 aliphatic rings. The average Bonchev–Trinajstić information content (AvgIpc) is 1.85. The van der Waals surface area contributed by atoms with Crippen LogP contribution in [0.1, 0.15) is 13.8 Å². The predicted octanol–water partition coefficient (Wildman–Crippen LogP) is -0.703. The summed E-state index contributed by atoms with van der Waals surface area (Å²) < 4.78 is 0. The Morgan fingerprint density at radius 1 is 1.36 bits per heavy atom. The van der Waals surface area contributed by atoms with Crippen LogP contribution in [0.2, 0.25) is 13.1 Å². The normalized spacial score (nSPS) is 18.9. The molecule has 0 aromatic carbocycles. The average molecular weight is 151 g/mol. The van der Waals surface area contributed by atoms with E-state index < -0.39 is 0 Å². The van der Waals surface area contributed by atoms with Crippen LogP contribution < -0.4 is 15.4 Å². The molecule has 0 atom stereocenters. The minimum Gasteiger partial charge on any atom is -0.375 e. The molecule has 0 unspecified atom stereocenters. The van der Waals surface area contributed by atoms with E-state index in [0.717, 1.165) is 13.5 Å². The highest BCUT2D eigenvalue weighted by molar-refractivity contribution is 6.81. The van der Waals surface area contributed by atoms with Crippen LogP contribution in [0, 0.1) is 5.92 Å². The van der Waals surface area contributed by atoms with E-state index in [2.05, 4.69) is 36.1 Å². The minimum atomic E-state index is 0.444. The molecule has 0 aliphatic carbocycles. The lowest BCUT2D eigenvalue weighted by molar-refractivity contribution is 0.718. The molecule has 3 N–H and O–H groups in total. The summed E-state index contributed by atoms with van der Waals surface area (Å²) >= 11 is 0. The smallest absolute Gasteiger partial charge is 0.284 e. The van der Waals surface area contributed by atoms with Crippen LogP contribution in [0.25, 0.3) is 0 Å². The van der Waals surface area contributed by atoms with Gasteiger partial charge < -0.3 is 15.4 Å². The quantitative estimate of drug-likeness (QED) is 0.456. The number of rotatable bonds is 2. The van der Waals surface area contributed by atoms with Gasteiger partial charge >= 0.3 is 0 Å². The zero-order valence-corrected chi connectivity index (χ0v) is 7.65. The SMILES string of the molecule is CB1NBNB(CC(C)C)N1. The summed E-state index contributed by atoms with van der Waals surface area (Å²) in [6, 6.07) is 0. The number of hydrogen-bond donors (Lipinski definition) is 3. The second kappa shape index (κ2) is 4.19. The predicted molar refractivity (Wildman–Crippen MR) is 53.6 cm³/mol. The first-order valence-corrected chi connectivity index (χ1v) is 4.41. The maximum absolute atomic E-state index is 3.43. The summed E-state index contributed by atoms with van der Waals surface area (Å²) in [5.41, 5.74) is 0. The minimum absolute atomic E-state index is 0.444. The van der Waals surface area contributed by atoms with E-state index in [9.17, 15) is 0 Å². The van der Waals surface area contributed by atoms with Crippen molar-refractivity contribution in [2.75, 3.05) is 0 Å². The molecule has 1 rings (SSSR count). The van der Waals surface area contributed by atoms with Gasteiger partial charge in [0.05, 0.1) is 0 Å². The summed E-state index contributed by atoms with van der Waals surface area (Å²) in [5, 5.41) is 10.0. The molecule has 60 valence electrons. The van der Waals surface area contributed by atoms with Crippen molar-refractivity contribution in [1.29, 1.82) is 0 Å². The van der Waals surface area contributed by atoms with Crippen LogP contribution >= 0.6 is 0 Å². The third-order valence-corrected chi connectivity index (χ3v) is 1.92. The van der Waals surface area contributed by atoms with Gasteiger partial charge in [0, 0.05) is 0 Å². The van der Waals surface area contributed by atoms with Crippen molar-refractivity contribution in [3.63, 3.8) is 0 Å². The van der Waals surface area contributed by atoms with Gasteiger partial charge in [0.2, 0.25) is 0 Å². The molecule has 0 amide bonds. The highest BCUT2D eigenvalue weighted by atomic mass is 15.0. The van der Waals surface area contributed by atoms with Crippen LogP contribution in [0.3, 0.4) is 0 Å². The van der Waals surface area contributed by atoms with Crippen LogP contribution in [-0.4, -0.2) is 21.5 Å². The van der Waals surface area contributed by atoms with Crippen molar-refractivity contribution in [3.05, 3.63) is 0 Å². The zero-order valence-electron chi connectivity index (χ0n) is 7.65. The van der Waals surface area contributed by atoms with Crippen molar-refractivity contribution in [1.82, 2.24) is 15.4 Å². The topological polar surface area (TPSA) is 36.1 Å². The lowest BCUT2D eigenvalue weighted by atomic mass is 9.54. The largest absolute Gasteiger partial charge is 0.375 e. The van der Waals surface area contributed by atoms with E-state index in [1.807, 2.05) is 0 Å². The third kappa shape index (κ3) is 3.32. The molecule has 0 radical (unpaired) electrons. The lowest BCUT2D eigenvalue weighted by Crippen LogP contribution is -2.68. The van der Waals surface area contributed by atoms with Crippen LogP contribution in [-0.2, 0) is 0 Å². The molecule has 0 bridgehead atoms. The molecule has 6 heteroatoms. The standard InChI is InChI=1S/C5H16B3N3/c1-5(2)4-8-10-6-9-7(3)11-8/h5-6,9-11H,4H2,1-3H3. The first kappa shape index (κ1) is 9.17. The van der Waals surface area contributed by atoms with Gasteiger partial charge in [-0.05, 0) is 6.32 Å². The molecule has 0 spiro atoms. The first-order valence-electron chi connectivity index (χ1n) is 4.41. The fraction of sp³-hybridized carbons (Fsp3) is 1.00. The van der Waals surface area contributed by atoms with Crippen LogP contribution in [0.5, 0.6) is 0 Å². The summed E-state index contributed by atoms with van der Waals surface area (Å²) in [6.45, 7) is 7.58. The number of hydrogen-bond acceptors (Lipinski definition) is 3. The summed E-state index contributed by atoms with van der Waals surface area (Å²) in [7, 11) is 0.922. The van der Waals surface area contributed by atoms with Crippen molar-refractivity contribution >= 4 is 21.5 Å². The molecule has 0 saturated carbocycles. The van der Waals surface area contributed by atoms with Gasteiger partial charge in [0.25, 0.3) is 21.5 Å². The number of nitrogens with one attached hydrogen (secondary N) is 3.